The fourth-order valence-electron chi connectivity index (χ4n) is 2.67. The lowest BCUT2D eigenvalue weighted by Gasteiger charge is -2.29. The van der Waals surface area contributed by atoms with Crippen LogP contribution in [0.2, 0.25) is 0 Å². The molecule has 0 aromatic carbocycles. The van der Waals surface area contributed by atoms with Crippen molar-refractivity contribution in [3.05, 3.63) is 18.2 Å². The topological polar surface area (TPSA) is 33.1 Å². The van der Waals surface area contributed by atoms with Crippen LogP contribution in [0, 0.1) is 6.92 Å². The Balaban J connectivity index is 1.91. The molecule has 1 aromatic heterocycles. The van der Waals surface area contributed by atoms with Gasteiger partial charge in [-0.25, -0.2) is 4.98 Å². The standard InChI is InChI=1S/C14H26N4/c1-4-14-11-18(12(2)5-6-16-14)10-9-17-8-7-15-13(17)3/h7-8,12,14,16H,4-6,9-11H2,1-3H3. The molecule has 0 amide bonds. The molecular formula is C14H26N4. The van der Waals surface area contributed by atoms with Crippen molar-refractivity contribution in [1.29, 1.82) is 0 Å². The van der Waals surface area contributed by atoms with E-state index in [-0.39, 0.29) is 0 Å². The van der Waals surface area contributed by atoms with E-state index >= 15 is 0 Å². The van der Waals surface area contributed by atoms with E-state index in [1.54, 1.807) is 0 Å². The van der Waals surface area contributed by atoms with E-state index in [4.69, 9.17) is 0 Å². The molecule has 1 N–H and O–H groups in total. The van der Waals surface area contributed by atoms with Gasteiger partial charge in [-0.15, -0.1) is 0 Å². The summed E-state index contributed by atoms with van der Waals surface area (Å²) in [5, 5.41) is 3.64. The predicted molar refractivity (Wildman–Crippen MR) is 74.7 cm³/mol. The first-order valence-corrected chi connectivity index (χ1v) is 7.16. The number of rotatable bonds is 4. The van der Waals surface area contributed by atoms with Crippen LogP contribution in [0.4, 0.5) is 0 Å². The lowest BCUT2D eigenvalue weighted by molar-refractivity contribution is 0.195. The molecule has 18 heavy (non-hydrogen) atoms. The summed E-state index contributed by atoms with van der Waals surface area (Å²) >= 11 is 0. The van der Waals surface area contributed by atoms with Gasteiger partial charge in [-0.3, -0.25) is 4.90 Å². The van der Waals surface area contributed by atoms with Crippen LogP contribution in [0.1, 0.15) is 32.5 Å². The second kappa shape index (κ2) is 6.34. The van der Waals surface area contributed by atoms with Crippen LogP contribution in [-0.2, 0) is 6.54 Å². The maximum Gasteiger partial charge on any atom is 0.105 e. The summed E-state index contributed by atoms with van der Waals surface area (Å²) in [6.07, 6.45) is 6.43. The molecule has 0 saturated carbocycles. The zero-order chi connectivity index (χ0) is 13.0. The number of aryl methyl sites for hydroxylation is 1. The van der Waals surface area contributed by atoms with Gasteiger partial charge in [0.05, 0.1) is 0 Å². The molecule has 0 spiro atoms. The first kappa shape index (κ1) is 13.6. The molecular weight excluding hydrogens is 224 g/mol. The molecule has 2 heterocycles. The van der Waals surface area contributed by atoms with Crippen molar-refractivity contribution in [3.8, 4) is 0 Å². The first-order valence-electron chi connectivity index (χ1n) is 7.16. The van der Waals surface area contributed by atoms with Crippen molar-refractivity contribution < 1.29 is 0 Å². The number of imidazole rings is 1. The normalized spacial score (nSPS) is 26.2. The molecule has 2 atom stereocenters. The van der Waals surface area contributed by atoms with Crippen molar-refractivity contribution in [2.75, 3.05) is 19.6 Å². The second-order valence-corrected chi connectivity index (χ2v) is 5.36. The fraction of sp³-hybridized carbons (Fsp3) is 0.786. The van der Waals surface area contributed by atoms with Crippen LogP contribution >= 0.6 is 0 Å². The Labute approximate surface area is 110 Å². The van der Waals surface area contributed by atoms with E-state index in [9.17, 15) is 0 Å². The van der Waals surface area contributed by atoms with Crippen molar-refractivity contribution in [3.63, 3.8) is 0 Å². The fourth-order valence-corrected chi connectivity index (χ4v) is 2.67. The van der Waals surface area contributed by atoms with Crippen LogP contribution in [0.15, 0.2) is 12.4 Å². The zero-order valence-corrected chi connectivity index (χ0v) is 11.9. The molecule has 0 aliphatic carbocycles. The largest absolute Gasteiger partial charge is 0.334 e. The highest BCUT2D eigenvalue weighted by molar-refractivity contribution is 4.89. The van der Waals surface area contributed by atoms with E-state index < -0.39 is 0 Å². The van der Waals surface area contributed by atoms with E-state index in [0.717, 1.165) is 25.5 Å². The van der Waals surface area contributed by atoms with Crippen molar-refractivity contribution in [2.45, 2.75) is 52.2 Å². The smallest absolute Gasteiger partial charge is 0.105 e. The monoisotopic (exact) mass is 250 g/mol. The van der Waals surface area contributed by atoms with Gasteiger partial charge in [-0.05, 0) is 33.2 Å². The molecule has 4 nitrogen and oxygen atoms in total. The number of nitrogens with one attached hydrogen (secondary N) is 1. The van der Waals surface area contributed by atoms with E-state index in [0.29, 0.717) is 12.1 Å². The molecule has 1 saturated heterocycles. The summed E-state index contributed by atoms with van der Waals surface area (Å²) in [6.45, 7) is 11.2. The van der Waals surface area contributed by atoms with Gasteiger partial charge in [0.1, 0.15) is 5.82 Å². The summed E-state index contributed by atoms with van der Waals surface area (Å²) in [5.74, 6) is 1.11. The van der Waals surface area contributed by atoms with Gasteiger partial charge >= 0.3 is 0 Å². The van der Waals surface area contributed by atoms with Crippen molar-refractivity contribution in [1.82, 2.24) is 19.8 Å². The third-order valence-electron chi connectivity index (χ3n) is 4.12. The summed E-state index contributed by atoms with van der Waals surface area (Å²) in [4.78, 5) is 6.90. The summed E-state index contributed by atoms with van der Waals surface area (Å²) in [6, 6.07) is 1.33. The van der Waals surface area contributed by atoms with Gasteiger partial charge in [-0.2, -0.15) is 0 Å². The Kier molecular flexibility index (Phi) is 4.78. The molecule has 1 aliphatic rings. The van der Waals surface area contributed by atoms with Crippen LogP contribution < -0.4 is 5.32 Å². The maximum atomic E-state index is 4.28. The van der Waals surface area contributed by atoms with Gasteiger partial charge in [0.2, 0.25) is 0 Å². The lowest BCUT2D eigenvalue weighted by Crippen LogP contribution is -2.41. The van der Waals surface area contributed by atoms with Gasteiger partial charge in [0, 0.05) is 44.1 Å². The van der Waals surface area contributed by atoms with Gasteiger partial charge in [0.25, 0.3) is 0 Å². The minimum atomic E-state index is 0.652. The number of aromatic nitrogens is 2. The lowest BCUT2D eigenvalue weighted by atomic mass is 10.2. The molecule has 0 radical (unpaired) electrons. The van der Waals surface area contributed by atoms with Gasteiger partial charge < -0.3 is 9.88 Å². The number of hydrogen-bond donors (Lipinski definition) is 1. The van der Waals surface area contributed by atoms with Crippen LogP contribution in [0.3, 0.4) is 0 Å². The Morgan fingerprint density at radius 3 is 2.94 bits per heavy atom. The highest BCUT2D eigenvalue weighted by Gasteiger charge is 2.21. The van der Waals surface area contributed by atoms with Crippen LogP contribution in [-0.4, -0.2) is 46.2 Å². The first-order chi connectivity index (χ1) is 8.70. The molecule has 102 valence electrons. The highest BCUT2D eigenvalue weighted by atomic mass is 15.2. The average Bonchev–Trinajstić information content (AvgIpc) is 2.68. The van der Waals surface area contributed by atoms with E-state index in [1.165, 1.54) is 19.4 Å². The number of hydrogen-bond acceptors (Lipinski definition) is 3. The summed E-state index contributed by atoms with van der Waals surface area (Å²) in [7, 11) is 0. The third kappa shape index (κ3) is 3.33. The SMILES string of the molecule is CCC1CN(CCn2ccnc2C)C(C)CCN1. The van der Waals surface area contributed by atoms with Crippen molar-refractivity contribution in [2.24, 2.45) is 0 Å². The predicted octanol–water partition coefficient (Wildman–Crippen LogP) is 1.65. The highest BCUT2D eigenvalue weighted by Crippen LogP contribution is 2.11. The zero-order valence-electron chi connectivity index (χ0n) is 11.9. The molecule has 0 bridgehead atoms. The maximum absolute atomic E-state index is 4.28. The Morgan fingerprint density at radius 1 is 1.44 bits per heavy atom. The average molecular weight is 250 g/mol. The summed E-state index contributed by atoms with van der Waals surface area (Å²) in [5.41, 5.74) is 0. The molecule has 2 unspecified atom stereocenters. The molecule has 1 aliphatic heterocycles. The quantitative estimate of drug-likeness (QED) is 0.882. The third-order valence-corrected chi connectivity index (χ3v) is 4.12. The van der Waals surface area contributed by atoms with Crippen LogP contribution in [0.25, 0.3) is 0 Å². The molecule has 4 heteroatoms. The van der Waals surface area contributed by atoms with E-state index in [2.05, 4.69) is 46.7 Å². The van der Waals surface area contributed by atoms with E-state index in [1.807, 2.05) is 6.20 Å². The molecule has 2 rings (SSSR count). The van der Waals surface area contributed by atoms with Crippen LogP contribution in [0.5, 0.6) is 0 Å². The Bertz CT molecular complexity index is 360. The second-order valence-electron chi connectivity index (χ2n) is 5.36. The van der Waals surface area contributed by atoms with Gasteiger partial charge in [-0.1, -0.05) is 6.92 Å². The minimum Gasteiger partial charge on any atom is -0.334 e. The number of nitrogens with zero attached hydrogens (tertiary/aromatic N) is 3. The minimum absolute atomic E-state index is 0.652. The van der Waals surface area contributed by atoms with Gasteiger partial charge in [0.15, 0.2) is 0 Å². The van der Waals surface area contributed by atoms with Crippen molar-refractivity contribution >= 4 is 0 Å². The molecule has 1 aromatic rings. The Hall–Kier alpha value is -0.870. The molecule has 1 fully saturated rings. The summed E-state index contributed by atoms with van der Waals surface area (Å²) < 4.78 is 2.24. The Morgan fingerprint density at radius 2 is 2.28 bits per heavy atom.